The third-order valence-corrected chi connectivity index (χ3v) is 8.50. The summed E-state index contributed by atoms with van der Waals surface area (Å²) in [5.41, 5.74) is -0.0348. The van der Waals surface area contributed by atoms with Crippen LogP contribution in [-0.2, 0) is 9.47 Å². The molecule has 1 saturated heterocycles. The second-order valence-corrected chi connectivity index (χ2v) is 9.83. The van der Waals surface area contributed by atoms with E-state index in [-0.39, 0.29) is 29.5 Å². The summed E-state index contributed by atoms with van der Waals surface area (Å²) in [5.74, 6) is 1.03. The van der Waals surface area contributed by atoms with Crippen LogP contribution in [0.15, 0.2) is 12.2 Å². The predicted octanol–water partition coefficient (Wildman–Crippen LogP) is 3.91. The fourth-order valence-electron chi connectivity index (χ4n) is 7.24. The number of rotatable bonds is 4. The summed E-state index contributed by atoms with van der Waals surface area (Å²) in [6.45, 7) is 8.14. The van der Waals surface area contributed by atoms with Crippen molar-refractivity contribution in [3.05, 3.63) is 12.2 Å². The van der Waals surface area contributed by atoms with Crippen molar-refractivity contribution in [3.8, 4) is 0 Å². The summed E-state index contributed by atoms with van der Waals surface area (Å²) in [6.07, 6.45) is 11.2. The highest BCUT2D eigenvalue weighted by Crippen LogP contribution is 2.72. The Labute approximate surface area is 164 Å². The summed E-state index contributed by atoms with van der Waals surface area (Å²) < 4.78 is 12.5. The lowest BCUT2D eigenvalue weighted by atomic mass is 9.38. The Morgan fingerprint density at radius 2 is 1.70 bits per heavy atom. The lowest BCUT2D eigenvalue weighted by molar-refractivity contribution is -0.399. The van der Waals surface area contributed by atoms with Crippen LogP contribution in [0.5, 0.6) is 0 Å². The summed E-state index contributed by atoms with van der Waals surface area (Å²) >= 11 is 0. The van der Waals surface area contributed by atoms with Crippen molar-refractivity contribution in [3.63, 3.8) is 0 Å². The van der Waals surface area contributed by atoms with Gasteiger partial charge in [-0.15, -0.1) is 0 Å². The van der Waals surface area contributed by atoms with Crippen molar-refractivity contribution in [1.29, 1.82) is 0 Å². The molecular weight excluding hydrogens is 340 g/mol. The first kappa shape index (κ1) is 19.9. The van der Waals surface area contributed by atoms with Gasteiger partial charge in [-0.05, 0) is 43.4 Å². The quantitative estimate of drug-likeness (QED) is 0.728. The van der Waals surface area contributed by atoms with Crippen molar-refractivity contribution >= 4 is 0 Å². The maximum Gasteiger partial charge on any atom is 0.177 e. The molecule has 0 radical (unpaired) electrons. The third-order valence-electron chi connectivity index (χ3n) is 8.50. The Kier molecular flexibility index (Phi) is 5.48. The second kappa shape index (κ2) is 7.44. The van der Waals surface area contributed by atoms with Crippen LogP contribution in [0.2, 0.25) is 0 Å². The van der Waals surface area contributed by atoms with E-state index >= 15 is 0 Å². The minimum absolute atomic E-state index is 0.0348. The molecule has 4 heteroatoms. The normalized spacial score (nSPS) is 43.2. The monoisotopic (exact) mass is 378 g/mol. The molecule has 6 atom stereocenters. The van der Waals surface area contributed by atoms with E-state index in [4.69, 9.17) is 9.47 Å². The van der Waals surface area contributed by atoms with E-state index in [2.05, 4.69) is 26.8 Å². The van der Waals surface area contributed by atoms with Gasteiger partial charge in [-0.3, -0.25) is 0 Å². The van der Waals surface area contributed by atoms with E-state index in [1.165, 1.54) is 19.3 Å². The third kappa shape index (κ3) is 2.86. The molecule has 154 valence electrons. The van der Waals surface area contributed by atoms with Crippen LogP contribution in [-0.4, -0.2) is 41.4 Å². The predicted molar refractivity (Wildman–Crippen MR) is 105 cm³/mol. The van der Waals surface area contributed by atoms with Crippen molar-refractivity contribution < 1.29 is 19.7 Å². The number of fused-ring (bicyclic) bond motifs is 2. The average molecular weight is 379 g/mol. The van der Waals surface area contributed by atoms with Gasteiger partial charge in [-0.1, -0.05) is 52.2 Å². The van der Waals surface area contributed by atoms with E-state index in [1.54, 1.807) is 0 Å². The molecule has 4 fully saturated rings. The van der Waals surface area contributed by atoms with E-state index in [9.17, 15) is 10.2 Å². The zero-order valence-electron chi connectivity index (χ0n) is 17.3. The Balaban J connectivity index is 1.56. The fourth-order valence-corrected chi connectivity index (χ4v) is 7.24. The molecule has 3 aliphatic carbocycles. The minimum Gasteiger partial charge on any atom is -0.393 e. The van der Waals surface area contributed by atoms with Gasteiger partial charge in [0, 0.05) is 17.3 Å². The largest absolute Gasteiger partial charge is 0.393 e. The van der Waals surface area contributed by atoms with Gasteiger partial charge in [0.15, 0.2) is 5.79 Å². The maximum absolute atomic E-state index is 10.8. The molecule has 4 rings (SSSR count). The molecule has 4 nitrogen and oxygen atoms in total. The number of ether oxygens (including phenoxy) is 2. The van der Waals surface area contributed by atoms with Crippen LogP contribution in [0, 0.1) is 35.0 Å². The van der Waals surface area contributed by atoms with Crippen LogP contribution in [0.1, 0.15) is 65.7 Å². The summed E-state index contributed by atoms with van der Waals surface area (Å²) in [7, 11) is 0. The van der Waals surface area contributed by atoms with Crippen LogP contribution in [0.4, 0.5) is 0 Å². The molecule has 1 spiro atoms. The highest BCUT2D eigenvalue weighted by atomic mass is 16.7. The Morgan fingerprint density at radius 1 is 1.04 bits per heavy atom. The number of hydrogen-bond donors (Lipinski definition) is 2. The highest BCUT2D eigenvalue weighted by Gasteiger charge is 2.76. The molecule has 0 bridgehead atoms. The second-order valence-electron chi connectivity index (χ2n) is 9.83. The summed E-state index contributed by atoms with van der Waals surface area (Å²) in [4.78, 5) is 0. The molecule has 2 N–H and O–H groups in total. The molecule has 0 aromatic rings. The molecule has 4 aliphatic rings. The number of aliphatic hydroxyl groups excluding tert-OH is 2. The molecule has 1 unspecified atom stereocenters. The van der Waals surface area contributed by atoms with Crippen molar-refractivity contribution in [2.24, 2.45) is 35.0 Å². The molecule has 3 saturated carbocycles. The maximum atomic E-state index is 10.8. The molecule has 27 heavy (non-hydrogen) atoms. The molecule has 1 aliphatic heterocycles. The van der Waals surface area contributed by atoms with Gasteiger partial charge in [0.1, 0.15) is 0 Å². The standard InChI is InChI=1S/C23H38O4/c1-15(2)22-12-11-20(25)18(9-10-19(24)17-7-5-4-6-8-17)21(22)16(3)23(22)26-13-14-27-23/h9-10,15-21,24-25H,4-8,11-14H2,1-3H3/b10-9+/t16?,18-,19-,20+,21+,22+/m1/s1. The zero-order valence-corrected chi connectivity index (χ0v) is 17.3. The first-order valence-electron chi connectivity index (χ1n) is 11.3. The molecule has 0 aromatic heterocycles. The topological polar surface area (TPSA) is 58.9 Å². The van der Waals surface area contributed by atoms with Crippen LogP contribution in [0.25, 0.3) is 0 Å². The van der Waals surface area contributed by atoms with Gasteiger partial charge in [-0.2, -0.15) is 0 Å². The van der Waals surface area contributed by atoms with Crippen molar-refractivity contribution in [2.75, 3.05) is 13.2 Å². The molecule has 1 heterocycles. The zero-order chi connectivity index (χ0) is 19.2. The van der Waals surface area contributed by atoms with Gasteiger partial charge in [0.2, 0.25) is 0 Å². The minimum atomic E-state index is -0.472. The van der Waals surface area contributed by atoms with Gasteiger partial charge in [0.25, 0.3) is 0 Å². The first-order valence-corrected chi connectivity index (χ1v) is 11.3. The first-order chi connectivity index (χ1) is 12.9. The summed E-state index contributed by atoms with van der Waals surface area (Å²) in [6, 6.07) is 0. The Hall–Kier alpha value is -0.420. The van der Waals surface area contributed by atoms with Crippen LogP contribution >= 0.6 is 0 Å². The molecule has 0 amide bonds. The SMILES string of the molecule is CC1[C@H]2[C@H](/C=C/[C@@H](O)C3CCCCC3)[C@@H](O)CC[C@@]2(C(C)C)C12OCCO2. The van der Waals surface area contributed by atoms with Gasteiger partial charge in [-0.25, -0.2) is 0 Å². The van der Waals surface area contributed by atoms with E-state index in [1.807, 2.05) is 6.08 Å². The smallest absolute Gasteiger partial charge is 0.177 e. The molecular formula is C23H38O4. The van der Waals surface area contributed by atoms with Crippen molar-refractivity contribution in [2.45, 2.75) is 83.7 Å². The number of aliphatic hydroxyl groups is 2. The highest BCUT2D eigenvalue weighted by molar-refractivity contribution is 5.22. The lowest BCUT2D eigenvalue weighted by Gasteiger charge is -2.71. The van der Waals surface area contributed by atoms with E-state index in [0.717, 1.165) is 25.7 Å². The van der Waals surface area contributed by atoms with Crippen molar-refractivity contribution in [1.82, 2.24) is 0 Å². The van der Waals surface area contributed by atoms with Crippen LogP contribution < -0.4 is 0 Å². The fraction of sp³-hybridized carbons (Fsp3) is 0.913. The summed E-state index contributed by atoms with van der Waals surface area (Å²) in [5, 5.41) is 21.5. The Morgan fingerprint density at radius 3 is 2.33 bits per heavy atom. The van der Waals surface area contributed by atoms with Gasteiger partial charge in [0.05, 0.1) is 25.4 Å². The lowest BCUT2D eigenvalue weighted by Crippen LogP contribution is -2.76. The number of hydrogen-bond acceptors (Lipinski definition) is 4. The molecule has 0 aromatic carbocycles. The Bertz CT molecular complexity index is 547. The van der Waals surface area contributed by atoms with E-state index < -0.39 is 5.79 Å². The van der Waals surface area contributed by atoms with Gasteiger partial charge < -0.3 is 19.7 Å². The van der Waals surface area contributed by atoms with E-state index in [0.29, 0.717) is 31.0 Å². The van der Waals surface area contributed by atoms with Crippen LogP contribution in [0.3, 0.4) is 0 Å². The average Bonchev–Trinajstić information content (AvgIpc) is 3.19. The van der Waals surface area contributed by atoms with Gasteiger partial charge >= 0.3 is 0 Å².